The predicted octanol–water partition coefficient (Wildman–Crippen LogP) is 1.60. The molecule has 0 amide bonds. The number of hydrogen-bond acceptors (Lipinski definition) is 2. The molecular weight excluding hydrogens is 224 g/mol. The van der Waals surface area contributed by atoms with E-state index in [-0.39, 0.29) is 0 Å². The Morgan fingerprint density at radius 2 is 2.28 bits per heavy atom. The second-order valence-corrected chi connectivity index (χ2v) is 4.81. The molecule has 1 rings (SSSR count). The molecule has 18 heavy (non-hydrogen) atoms. The minimum Gasteiger partial charge on any atom is -0.357 e. The van der Waals surface area contributed by atoms with E-state index in [2.05, 4.69) is 41.0 Å². The third kappa shape index (κ3) is 5.54. The van der Waals surface area contributed by atoms with E-state index < -0.39 is 0 Å². The van der Waals surface area contributed by atoms with Crippen LogP contribution in [0.4, 0.5) is 0 Å². The van der Waals surface area contributed by atoms with Crippen molar-refractivity contribution in [3.8, 4) is 0 Å². The molecule has 1 atom stereocenters. The molecule has 2 N–H and O–H groups in total. The van der Waals surface area contributed by atoms with E-state index in [9.17, 15) is 0 Å². The molecule has 0 aliphatic carbocycles. The molecule has 0 spiro atoms. The zero-order chi connectivity index (χ0) is 13.2. The Hall–Kier alpha value is -1.03. The second-order valence-electron chi connectivity index (χ2n) is 4.81. The van der Waals surface area contributed by atoms with Crippen LogP contribution in [0.2, 0.25) is 0 Å². The Morgan fingerprint density at radius 1 is 1.44 bits per heavy atom. The summed E-state index contributed by atoms with van der Waals surface area (Å²) in [6, 6.07) is 0.720. The Kier molecular flexibility index (Phi) is 7.49. The zero-order valence-corrected chi connectivity index (χ0v) is 11.9. The lowest BCUT2D eigenvalue weighted by Gasteiger charge is -2.32. The number of nitrogens with one attached hydrogen (secondary N) is 2. The van der Waals surface area contributed by atoms with E-state index in [1.807, 2.05) is 6.08 Å². The molecule has 104 valence electrons. The summed E-state index contributed by atoms with van der Waals surface area (Å²) < 4.78 is 0. The Bertz CT molecular complexity index is 263. The average molecular weight is 252 g/mol. The summed E-state index contributed by atoms with van der Waals surface area (Å²) in [6.45, 7) is 12.9. The number of guanidine groups is 1. The van der Waals surface area contributed by atoms with Gasteiger partial charge in [-0.3, -0.25) is 9.89 Å². The van der Waals surface area contributed by atoms with Gasteiger partial charge in [0.2, 0.25) is 0 Å². The molecule has 0 bridgehead atoms. The van der Waals surface area contributed by atoms with E-state index in [4.69, 9.17) is 0 Å². The van der Waals surface area contributed by atoms with Gasteiger partial charge < -0.3 is 10.6 Å². The maximum absolute atomic E-state index is 4.58. The fourth-order valence-electron chi connectivity index (χ4n) is 2.29. The van der Waals surface area contributed by atoms with Crippen LogP contribution >= 0.6 is 0 Å². The third-order valence-corrected chi connectivity index (χ3v) is 3.36. The average Bonchev–Trinajstić information content (AvgIpc) is 2.38. The van der Waals surface area contributed by atoms with E-state index in [1.165, 1.54) is 25.8 Å². The Morgan fingerprint density at radius 3 is 2.94 bits per heavy atom. The summed E-state index contributed by atoms with van der Waals surface area (Å²) in [5, 5.41) is 6.46. The van der Waals surface area contributed by atoms with Crippen molar-refractivity contribution in [2.24, 2.45) is 4.99 Å². The van der Waals surface area contributed by atoms with Gasteiger partial charge in [-0.15, -0.1) is 6.58 Å². The first-order chi connectivity index (χ1) is 8.77. The molecule has 1 fully saturated rings. The largest absolute Gasteiger partial charge is 0.357 e. The van der Waals surface area contributed by atoms with E-state index in [0.29, 0.717) is 0 Å². The quantitative estimate of drug-likeness (QED) is 0.428. The minimum absolute atomic E-state index is 0.720. The molecule has 4 nitrogen and oxygen atoms in total. The van der Waals surface area contributed by atoms with E-state index in [0.717, 1.165) is 38.2 Å². The van der Waals surface area contributed by atoms with Gasteiger partial charge in [0.05, 0.1) is 6.54 Å². The molecule has 1 unspecified atom stereocenters. The number of aliphatic imine (C=N–C) groups is 1. The number of likely N-dealkylation sites (tertiary alicyclic amines) is 1. The lowest BCUT2D eigenvalue weighted by Crippen LogP contribution is -2.40. The molecule has 1 aliphatic rings. The highest BCUT2D eigenvalue weighted by Gasteiger charge is 2.16. The molecule has 0 aromatic rings. The topological polar surface area (TPSA) is 39.7 Å². The fourth-order valence-corrected chi connectivity index (χ4v) is 2.29. The van der Waals surface area contributed by atoms with Crippen molar-refractivity contribution in [2.75, 3.05) is 32.7 Å². The normalized spacial score (nSPS) is 21.7. The van der Waals surface area contributed by atoms with Crippen molar-refractivity contribution in [2.45, 2.75) is 39.2 Å². The van der Waals surface area contributed by atoms with Crippen molar-refractivity contribution < 1.29 is 0 Å². The van der Waals surface area contributed by atoms with Gasteiger partial charge in [-0.05, 0) is 33.2 Å². The van der Waals surface area contributed by atoms with Crippen molar-refractivity contribution in [3.63, 3.8) is 0 Å². The summed E-state index contributed by atoms with van der Waals surface area (Å²) in [5.74, 6) is 0.891. The van der Waals surface area contributed by atoms with Crippen LogP contribution in [0.3, 0.4) is 0 Å². The van der Waals surface area contributed by atoms with Crippen LogP contribution in [0.5, 0.6) is 0 Å². The summed E-state index contributed by atoms with van der Waals surface area (Å²) in [7, 11) is 0. The van der Waals surface area contributed by atoms with Gasteiger partial charge in [-0.1, -0.05) is 12.5 Å². The number of nitrogens with zero attached hydrogens (tertiary/aromatic N) is 2. The molecule has 1 aliphatic heterocycles. The standard InChI is InChI=1S/C14H28N4/c1-4-9-16-14(15-5-2)17-10-12-18-11-7-6-8-13(18)3/h4,13H,1,5-12H2,2-3H3,(H2,15,16,17). The van der Waals surface area contributed by atoms with Crippen molar-refractivity contribution >= 4 is 5.96 Å². The van der Waals surface area contributed by atoms with Gasteiger partial charge in [0.15, 0.2) is 5.96 Å². The van der Waals surface area contributed by atoms with Gasteiger partial charge >= 0.3 is 0 Å². The van der Waals surface area contributed by atoms with Gasteiger partial charge in [0.25, 0.3) is 0 Å². The summed E-state index contributed by atoms with van der Waals surface area (Å²) in [4.78, 5) is 7.13. The van der Waals surface area contributed by atoms with Crippen molar-refractivity contribution in [3.05, 3.63) is 12.7 Å². The monoisotopic (exact) mass is 252 g/mol. The summed E-state index contributed by atoms with van der Waals surface area (Å²) in [5.41, 5.74) is 0. The van der Waals surface area contributed by atoms with Gasteiger partial charge in [0.1, 0.15) is 0 Å². The summed E-state index contributed by atoms with van der Waals surface area (Å²) in [6.07, 6.45) is 5.89. The molecular formula is C14H28N4. The molecule has 0 aromatic heterocycles. The highest BCUT2D eigenvalue weighted by molar-refractivity contribution is 5.79. The molecule has 1 saturated heterocycles. The van der Waals surface area contributed by atoms with E-state index >= 15 is 0 Å². The van der Waals surface area contributed by atoms with Crippen molar-refractivity contribution in [1.29, 1.82) is 0 Å². The van der Waals surface area contributed by atoms with Crippen LogP contribution in [0.25, 0.3) is 0 Å². The number of piperidine rings is 1. The maximum atomic E-state index is 4.58. The second kappa shape index (κ2) is 8.97. The summed E-state index contributed by atoms with van der Waals surface area (Å²) >= 11 is 0. The highest BCUT2D eigenvalue weighted by Crippen LogP contribution is 2.15. The van der Waals surface area contributed by atoms with Crippen LogP contribution < -0.4 is 10.6 Å². The van der Waals surface area contributed by atoms with Gasteiger partial charge in [-0.2, -0.15) is 0 Å². The van der Waals surface area contributed by atoms with E-state index in [1.54, 1.807) is 0 Å². The predicted molar refractivity (Wildman–Crippen MR) is 79.1 cm³/mol. The molecule has 0 aromatic carbocycles. The van der Waals surface area contributed by atoms with Crippen LogP contribution in [0.1, 0.15) is 33.1 Å². The van der Waals surface area contributed by atoms with Crippen molar-refractivity contribution in [1.82, 2.24) is 15.5 Å². The van der Waals surface area contributed by atoms with Gasteiger partial charge in [-0.25, -0.2) is 0 Å². The first-order valence-corrected chi connectivity index (χ1v) is 7.15. The fraction of sp³-hybridized carbons (Fsp3) is 0.786. The van der Waals surface area contributed by atoms with Crippen LogP contribution in [-0.2, 0) is 0 Å². The number of hydrogen-bond donors (Lipinski definition) is 2. The minimum atomic E-state index is 0.720. The third-order valence-electron chi connectivity index (χ3n) is 3.36. The maximum Gasteiger partial charge on any atom is 0.191 e. The molecule has 4 heteroatoms. The lowest BCUT2D eigenvalue weighted by atomic mass is 10.0. The van der Waals surface area contributed by atoms with Crippen LogP contribution in [-0.4, -0.2) is 49.6 Å². The molecule has 1 heterocycles. The first kappa shape index (κ1) is 15.0. The highest BCUT2D eigenvalue weighted by atomic mass is 15.2. The Labute approximate surface area is 112 Å². The molecule has 0 saturated carbocycles. The SMILES string of the molecule is C=CCNC(=NCCN1CCCCC1C)NCC. The Balaban J connectivity index is 2.32. The van der Waals surface area contributed by atoms with Gasteiger partial charge in [0, 0.05) is 25.7 Å². The zero-order valence-electron chi connectivity index (χ0n) is 11.9. The van der Waals surface area contributed by atoms with Crippen LogP contribution in [0.15, 0.2) is 17.6 Å². The molecule has 0 radical (unpaired) electrons. The lowest BCUT2D eigenvalue weighted by molar-refractivity contribution is 0.166. The number of rotatable bonds is 6. The van der Waals surface area contributed by atoms with Crippen LogP contribution in [0, 0.1) is 0 Å². The smallest absolute Gasteiger partial charge is 0.191 e. The first-order valence-electron chi connectivity index (χ1n) is 7.15.